The summed E-state index contributed by atoms with van der Waals surface area (Å²) in [4.78, 5) is 1.81. The molecule has 27 heavy (non-hydrogen) atoms. The number of sulfone groups is 1. The van der Waals surface area contributed by atoms with Gasteiger partial charge in [0, 0.05) is 12.6 Å². The molecule has 3 rings (SSSR count). The molecule has 0 aliphatic carbocycles. The maximum atomic E-state index is 13.8. The van der Waals surface area contributed by atoms with Crippen LogP contribution in [-0.2, 0) is 16.3 Å². The van der Waals surface area contributed by atoms with Crippen molar-refractivity contribution >= 4 is 22.2 Å². The van der Waals surface area contributed by atoms with E-state index in [4.69, 9.17) is 0 Å². The summed E-state index contributed by atoms with van der Waals surface area (Å²) in [6, 6.07) is 8.95. The topological polar surface area (TPSA) is 37.4 Å². The number of rotatable bonds is 5. The average Bonchev–Trinajstić information content (AvgIpc) is 2.61. The van der Waals surface area contributed by atoms with Gasteiger partial charge in [0.1, 0.15) is 22.3 Å². The largest absolute Gasteiger partial charge is 0.303 e. The molecule has 3 nitrogen and oxygen atoms in total. The van der Waals surface area contributed by atoms with E-state index in [1.807, 2.05) is 0 Å². The molecule has 1 saturated heterocycles. The highest BCUT2D eigenvalue weighted by atomic mass is 35.5. The number of piperidine rings is 1. The first-order valence-electron chi connectivity index (χ1n) is 8.52. The van der Waals surface area contributed by atoms with Crippen molar-refractivity contribution in [1.82, 2.24) is 4.90 Å². The molecule has 0 saturated carbocycles. The van der Waals surface area contributed by atoms with E-state index >= 15 is 0 Å². The van der Waals surface area contributed by atoms with Crippen LogP contribution in [0.4, 0.5) is 13.2 Å². The summed E-state index contributed by atoms with van der Waals surface area (Å²) in [6.45, 7) is 1.65. The molecule has 0 aromatic heterocycles. The summed E-state index contributed by atoms with van der Waals surface area (Å²) >= 11 is 0. The van der Waals surface area contributed by atoms with E-state index in [0.717, 1.165) is 12.1 Å². The average molecular weight is 420 g/mol. The van der Waals surface area contributed by atoms with Gasteiger partial charge >= 0.3 is 0 Å². The minimum Gasteiger partial charge on any atom is -0.303 e. The predicted octanol–water partition coefficient (Wildman–Crippen LogP) is 4.01. The summed E-state index contributed by atoms with van der Waals surface area (Å²) < 4.78 is 65.7. The summed E-state index contributed by atoms with van der Waals surface area (Å²) in [6.07, 6.45) is 1.24. The Labute approximate surface area is 163 Å². The fourth-order valence-electron chi connectivity index (χ4n) is 3.30. The molecular formula is C19H21ClF3NO2S. The van der Waals surface area contributed by atoms with E-state index < -0.39 is 32.5 Å². The Hall–Kier alpha value is -1.57. The fraction of sp³-hybridized carbons (Fsp3) is 0.368. The zero-order chi connectivity index (χ0) is 18.7. The Morgan fingerprint density at radius 2 is 1.63 bits per heavy atom. The molecule has 148 valence electrons. The minimum absolute atomic E-state index is 0. The van der Waals surface area contributed by atoms with Gasteiger partial charge in [0.2, 0.25) is 0 Å². The molecule has 0 spiro atoms. The molecule has 1 heterocycles. The molecule has 2 aromatic rings. The van der Waals surface area contributed by atoms with Crippen LogP contribution in [0.25, 0.3) is 0 Å². The highest BCUT2D eigenvalue weighted by Crippen LogP contribution is 2.26. The lowest BCUT2D eigenvalue weighted by Crippen LogP contribution is -2.40. The molecule has 0 bridgehead atoms. The van der Waals surface area contributed by atoms with Crippen LogP contribution in [0, 0.1) is 17.5 Å². The zero-order valence-corrected chi connectivity index (χ0v) is 16.2. The van der Waals surface area contributed by atoms with E-state index in [9.17, 15) is 21.6 Å². The maximum Gasteiger partial charge on any atom is 0.184 e. The van der Waals surface area contributed by atoms with Gasteiger partial charge in [0.25, 0.3) is 0 Å². The lowest BCUT2D eigenvalue weighted by Gasteiger charge is -2.31. The number of halogens is 4. The van der Waals surface area contributed by atoms with Crippen molar-refractivity contribution in [3.05, 3.63) is 65.5 Å². The summed E-state index contributed by atoms with van der Waals surface area (Å²) in [5.41, 5.74) is 0.438. The van der Waals surface area contributed by atoms with Gasteiger partial charge in [-0.05, 0) is 56.1 Å². The first-order chi connectivity index (χ1) is 12.4. The van der Waals surface area contributed by atoms with E-state index in [1.54, 1.807) is 0 Å². The highest BCUT2D eigenvalue weighted by Gasteiger charge is 2.32. The van der Waals surface area contributed by atoms with Gasteiger partial charge in [-0.25, -0.2) is 21.6 Å². The van der Waals surface area contributed by atoms with Crippen LogP contribution in [0.3, 0.4) is 0 Å². The van der Waals surface area contributed by atoms with Crippen molar-refractivity contribution in [3.63, 3.8) is 0 Å². The molecule has 8 heteroatoms. The van der Waals surface area contributed by atoms with Crippen molar-refractivity contribution in [2.24, 2.45) is 0 Å². The Morgan fingerprint density at radius 1 is 0.963 bits per heavy atom. The Kier molecular flexibility index (Phi) is 7.31. The first kappa shape index (κ1) is 21.7. The second-order valence-corrected chi connectivity index (χ2v) is 8.70. The maximum absolute atomic E-state index is 13.8. The van der Waals surface area contributed by atoms with Crippen LogP contribution in [0.15, 0.2) is 47.4 Å². The third-order valence-electron chi connectivity index (χ3n) is 4.83. The van der Waals surface area contributed by atoms with Crippen LogP contribution in [0.1, 0.15) is 18.4 Å². The van der Waals surface area contributed by atoms with Gasteiger partial charge in [0.05, 0.1) is 5.25 Å². The third kappa shape index (κ3) is 5.03. The van der Waals surface area contributed by atoms with E-state index in [0.29, 0.717) is 44.5 Å². The Balaban J connectivity index is 0.00000261. The molecule has 1 aliphatic heterocycles. The van der Waals surface area contributed by atoms with Crippen molar-refractivity contribution in [1.29, 1.82) is 0 Å². The SMILES string of the molecule is Cl.O=S(=O)(c1ccccc1F)C1CCN(CCc2ccc(F)cc2F)CC1. The van der Waals surface area contributed by atoms with Crippen molar-refractivity contribution in [3.8, 4) is 0 Å². The molecule has 0 N–H and O–H groups in total. The highest BCUT2D eigenvalue weighted by molar-refractivity contribution is 7.92. The van der Waals surface area contributed by atoms with Gasteiger partial charge in [-0.2, -0.15) is 0 Å². The zero-order valence-electron chi connectivity index (χ0n) is 14.6. The number of nitrogens with zero attached hydrogens (tertiary/aromatic N) is 1. The van der Waals surface area contributed by atoms with E-state index in [2.05, 4.69) is 4.90 Å². The first-order valence-corrected chi connectivity index (χ1v) is 10.1. The van der Waals surface area contributed by atoms with Crippen LogP contribution in [0.2, 0.25) is 0 Å². The van der Waals surface area contributed by atoms with Crippen LogP contribution < -0.4 is 0 Å². The minimum atomic E-state index is -3.70. The van der Waals surface area contributed by atoms with Crippen molar-refractivity contribution < 1.29 is 21.6 Å². The molecule has 1 fully saturated rings. The number of benzene rings is 2. The van der Waals surface area contributed by atoms with E-state index in [-0.39, 0.29) is 17.3 Å². The van der Waals surface area contributed by atoms with Gasteiger partial charge in [0.15, 0.2) is 9.84 Å². The van der Waals surface area contributed by atoms with Crippen LogP contribution in [0.5, 0.6) is 0 Å². The molecule has 0 radical (unpaired) electrons. The van der Waals surface area contributed by atoms with Crippen LogP contribution >= 0.6 is 12.4 Å². The van der Waals surface area contributed by atoms with Crippen molar-refractivity contribution in [2.75, 3.05) is 19.6 Å². The Bertz CT molecular complexity index is 884. The smallest absolute Gasteiger partial charge is 0.184 e. The lowest BCUT2D eigenvalue weighted by molar-refractivity contribution is 0.231. The van der Waals surface area contributed by atoms with Gasteiger partial charge in [-0.3, -0.25) is 0 Å². The number of likely N-dealkylation sites (tertiary alicyclic amines) is 1. The summed E-state index contributed by atoms with van der Waals surface area (Å²) in [5.74, 6) is -1.89. The van der Waals surface area contributed by atoms with Gasteiger partial charge < -0.3 is 4.90 Å². The standard InChI is InChI=1S/C19H20F3NO2S.ClH/c20-15-6-5-14(18(22)13-15)7-10-23-11-8-16(9-12-23)26(24,25)19-4-2-1-3-17(19)21;/h1-6,13,16H,7-12H2;1H. The Morgan fingerprint density at radius 3 is 2.26 bits per heavy atom. The predicted molar refractivity (Wildman–Crippen MR) is 100 cm³/mol. The fourth-order valence-corrected chi connectivity index (χ4v) is 5.10. The lowest BCUT2D eigenvalue weighted by atomic mass is 10.1. The molecule has 1 aliphatic rings. The van der Waals surface area contributed by atoms with Gasteiger partial charge in [-0.1, -0.05) is 18.2 Å². The van der Waals surface area contributed by atoms with E-state index in [1.165, 1.54) is 30.3 Å². The monoisotopic (exact) mass is 419 g/mol. The molecule has 0 atom stereocenters. The normalized spacial score (nSPS) is 16.1. The number of hydrogen-bond donors (Lipinski definition) is 0. The van der Waals surface area contributed by atoms with Gasteiger partial charge in [-0.15, -0.1) is 12.4 Å². The number of hydrogen-bond acceptors (Lipinski definition) is 3. The second-order valence-electron chi connectivity index (χ2n) is 6.50. The molecular weight excluding hydrogens is 399 g/mol. The molecule has 2 aromatic carbocycles. The summed E-state index contributed by atoms with van der Waals surface area (Å²) in [5, 5.41) is -0.613. The summed E-state index contributed by atoms with van der Waals surface area (Å²) in [7, 11) is -3.70. The van der Waals surface area contributed by atoms with Crippen molar-refractivity contribution in [2.45, 2.75) is 29.4 Å². The second kappa shape index (κ2) is 9.08. The molecule has 0 amide bonds. The third-order valence-corrected chi connectivity index (χ3v) is 7.12. The molecule has 0 unspecified atom stereocenters. The quantitative estimate of drug-likeness (QED) is 0.735. The van der Waals surface area contributed by atoms with Crippen LogP contribution in [-0.4, -0.2) is 38.2 Å².